The molecule has 14 heavy (non-hydrogen) atoms. The predicted molar refractivity (Wildman–Crippen MR) is 53.6 cm³/mol. The molecule has 4 heteroatoms. The maximum absolute atomic E-state index is 11.2. The number of nitrogens with one attached hydrogen (secondary N) is 2. The first-order valence-electron chi connectivity index (χ1n) is 5.07. The fourth-order valence-corrected chi connectivity index (χ4v) is 1.28. The predicted octanol–water partition coefficient (Wildman–Crippen LogP) is 0.283. The summed E-state index contributed by atoms with van der Waals surface area (Å²) in [7, 11) is 0. The summed E-state index contributed by atoms with van der Waals surface area (Å²) in [6.07, 6.45) is 0.281. The van der Waals surface area contributed by atoms with Crippen LogP contribution < -0.4 is 10.6 Å². The number of hydrogen-bond donors (Lipinski definition) is 2. The van der Waals surface area contributed by atoms with Gasteiger partial charge in [-0.2, -0.15) is 0 Å². The van der Waals surface area contributed by atoms with Gasteiger partial charge in [-0.1, -0.05) is 20.8 Å². The number of carbonyl (C=O) groups is 2. The highest BCUT2D eigenvalue weighted by Gasteiger charge is 2.30. The zero-order valence-corrected chi connectivity index (χ0v) is 8.96. The molecule has 0 aromatic carbocycles. The zero-order chi connectivity index (χ0) is 10.7. The van der Waals surface area contributed by atoms with Crippen molar-refractivity contribution in [2.24, 2.45) is 11.8 Å². The van der Waals surface area contributed by atoms with E-state index >= 15 is 0 Å². The normalized spacial score (nSPS) is 24.1. The third-order valence-electron chi connectivity index (χ3n) is 2.79. The van der Waals surface area contributed by atoms with Crippen molar-refractivity contribution in [2.75, 3.05) is 6.54 Å². The van der Waals surface area contributed by atoms with E-state index in [4.69, 9.17) is 0 Å². The molecule has 1 saturated heterocycles. The van der Waals surface area contributed by atoms with Crippen molar-refractivity contribution in [2.45, 2.75) is 33.2 Å². The first-order chi connectivity index (χ1) is 6.50. The summed E-state index contributed by atoms with van der Waals surface area (Å²) in [6, 6.07) is -0.316. The van der Waals surface area contributed by atoms with Crippen LogP contribution in [0.25, 0.3) is 0 Å². The van der Waals surface area contributed by atoms with Gasteiger partial charge >= 0.3 is 0 Å². The summed E-state index contributed by atoms with van der Waals surface area (Å²) in [5, 5.41) is 5.39. The molecule has 0 saturated carbocycles. The van der Waals surface area contributed by atoms with Crippen molar-refractivity contribution in [3.05, 3.63) is 0 Å². The molecule has 2 unspecified atom stereocenters. The summed E-state index contributed by atoms with van der Waals surface area (Å²) < 4.78 is 0. The minimum absolute atomic E-state index is 0.176. The average Bonchev–Trinajstić information content (AvgIpc) is 2.40. The van der Waals surface area contributed by atoms with E-state index in [1.54, 1.807) is 0 Å². The quantitative estimate of drug-likeness (QED) is 0.638. The van der Waals surface area contributed by atoms with Crippen LogP contribution in [-0.4, -0.2) is 24.4 Å². The molecule has 1 fully saturated rings. The second-order valence-electron chi connectivity index (χ2n) is 4.30. The summed E-state index contributed by atoms with van der Waals surface area (Å²) in [6.45, 7) is 7.20. The first-order valence-corrected chi connectivity index (χ1v) is 5.07. The maximum atomic E-state index is 11.2. The molecule has 2 atom stereocenters. The maximum Gasteiger partial charge on any atom is 0.244 e. The van der Waals surface area contributed by atoms with Crippen LogP contribution in [0.15, 0.2) is 0 Å². The Morgan fingerprint density at radius 3 is 2.50 bits per heavy atom. The highest BCUT2D eigenvalue weighted by atomic mass is 16.2. The lowest BCUT2D eigenvalue weighted by molar-refractivity contribution is -0.125. The number of rotatable bonds is 4. The molecular formula is C10H18N2O2. The van der Waals surface area contributed by atoms with Crippen LogP contribution in [0.2, 0.25) is 0 Å². The topological polar surface area (TPSA) is 58.2 Å². The van der Waals surface area contributed by atoms with E-state index in [2.05, 4.69) is 31.4 Å². The molecule has 80 valence electrons. The fourth-order valence-electron chi connectivity index (χ4n) is 1.28. The average molecular weight is 198 g/mol. The molecule has 0 aromatic heterocycles. The molecule has 0 aliphatic carbocycles. The van der Waals surface area contributed by atoms with Crippen LogP contribution in [0.4, 0.5) is 0 Å². The van der Waals surface area contributed by atoms with Crippen molar-refractivity contribution in [3.63, 3.8) is 0 Å². The summed E-state index contributed by atoms with van der Waals surface area (Å²) in [5.41, 5.74) is 0. The van der Waals surface area contributed by atoms with E-state index in [1.807, 2.05) is 0 Å². The molecule has 0 aromatic rings. The van der Waals surface area contributed by atoms with Gasteiger partial charge in [-0.25, -0.2) is 0 Å². The van der Waals surface area contributed by atoms with E-state index in [0.29, 0.717) is 11.8 Å². The third-order valence-corrected chi connectivity index (χ3v) is 2.79. The lowest BCUT2D eigenvalue weighted by Crippen LogP contribution is -2.39. The van der Waals surface area contributed by atoms with Gasteiger partial charge in [0.05, 0.1) is 12.5 Å². The van der Waals surface area contributed by atoms with Gasteiger partial charge in [-0.3, -0.25) is 14.9 Å². The summed E-state index contributed by atoms with van der Waals surface area (Å²) in [5.74, 6) is 0.733. The molecule has 1 heterocycles. The molecule has 0 spiro atoms. The van der Waals surface area contributed by atoms with Gasteiger partial charge in [-0.15, -0.1) is 0 Å². The second kappa shape index (κ2) is 4.55. The number of imide groups is 1. The number of amides is 2. The Hall–Kier alpha value is -0.900. The minimum Gasteiger partial charge on any atom is -0.305 e. The second-order valence-corrected chi connectivity index (χ2v) is 4.30. The highest BCUT2D eigenvalue weighted by molar-refractivity contribution is 6.05. The van der Waals surface area contributed by atoms with E-state index in [9.17, 15) is 9.59 Å². The minimum atomic E-state index is -0.316. The van der Waals surface area contributed by atoms with Crippen molar-refractivity contribution in [1.82, 2.24) is 10.6 Å². The van der Waals surface area contributed by atoms with E-state index in [0.717, 1.165) is 6.54 Å². The van der Waals surface area contributed by atoms with Gasteiger partial charge in [0.2, 0.25) is 11.8 Å². The Morgan fingerprint density at radius 2 is 2.07 bits per heavy atom. The van der Waals surface area contributed by atoms with Crippen LogP contribution in [0.5, 0.6) is 0 Å². The van der Waals surface area contributed by atoms with Crippen LogP contribution >= 0.6 is 0 Å². The van der Waals surface area contributed by atoms with Crippen molar-refractivity contribution < 1.29 is 9.59 Å². The van der Waals surface area contributed by atoms with Gasteiger partial charge in [0, 0.05) is 0 Å². The zero-order valence-electron chi connectivity index (χ0n) is 8.96. The molecule has 1 aliphatic rings. The Morgan fingerprint density at radius 1 is 1.43 bits per heavy atom. The van der Waals surface area contributed by atoms with Gasteiger partial charge < -0.3 is 5.32 Å². The standard InChI is InChI=1S/C10H18N2O2/c1-6(2)7(3)5-11-8-4-9(13)12-10(8)14/h6-8,11H,4-5H2,1-3H3,(H,12,13,14). The van der Waals surface area contributed by atoms with Crippen LogP contribution in [0.3, 0.4) is 0 Å². The lowest BCUT2D eigenvalue weighted by atomic mass is 9.98. The molecule has 1 aliphatic heterocycles. The van der Waals surface area contributed by atoms with Crippen LogP contribution in [0, 0.1) is 11.8 Å². The van der Waals surface area contributed by atoms with Crippen molar-refractivity contribution in [3.8, 4) is 0 Å². The molecule has 1 rings (SSSR count). The van der Waals surface area contributed by atoms with Gasteiger partial charge in [0.1, 0.15) is 0 Å². The van der Waals surface area contributed by atoms with Crippen LogP contribution in [0.1, 0.15) is 27.2 Å². The van der Waals surface area contributed by atoms with Crippen LogP contribution in [-0.2, 0) is 9.59 Å². The molecule has 0 bridgehead atoms. The van der Waals surface area contributed by atoms with Gasteiger partial charge in [0.25, 0.3) is 0 Å². The summed E-state index contributed by atoms with van der Waals surface area (Å²) in [4.78, 5) is 22.0. The first kappa shape index (κ1) is 11.2. The monoisotopic (exact) mass is 198 g/mol. The smallest absolute Gasteiger partial charge is 0.244 e. The molecule has 2 amide bonds. The Balaban J connectivity index is 2.32. The van der Waals surface area contributed by atoms with Gasteiger partial charge in [0.15, 0.2) is 0 Å². The van der Waals surface area contributed by atoms with Gasteiger partial charge in [-0.05, 0) is 18.4 Å². The van der Waals surface area contributed by atoms with E-state index < -0.39 is 0 Å². The van der Waals surface area contributed by atoms with Crippen molar-refractivity contribution in [1.29, 1.82) is 0 Å². The summed E-state index contributed by atoms with van der Waals surface area (Å²) >= 11 is 0. The number of carbonyl (C=O) groups excluding carboxylic acids is 2. The largest absolute Gasteiger partial charge is 0.305 e. The van der Waals surface area contributed by atoms with Crippen molar-refractivity contribution >= 4 is 11.8 Å². The Kier molecular flexibility index (Phi) is 3.63. The molecule has 0 radical (unpaired) electrons. The highest BCUT2D eigenvalue weighted by Crippen LogP contribution is 2.09. The third kappa shape index (κ3) is 2.80. The Labute approximate surface area is 84.4 Å². The number of hydrogen-bond acceptors (Lipinski definition) is 3. The molecular weight excluding hydrogens is 180 g/mol. The Bertz CT molecular complexity index is 238. The van der Waals surface area contributed by atoms with E-state index in [1.165, 1.54) is 0 Å². The fraction of sp³-hybridized carbons (Fsp3) is 0.800. The van der Waals surface area contributed by atoms with E-state index in [-0.39, 0.29) is 24.3 Å². The lowest BCUT2D eigenvalue weighted by Gasteiger charge is -2.17. The molecule has 2 N–H and O–H groups in total. The SMILES string of the molecule is CC(C)C(C)CNC1CC(=O)NC1=O. The molecule has 4 nitrogen and oxygen atoms in total.